The Labute approximate surface area is 158 Å². The Morgan fingerprint density at radius 2 is 1.75 bits per heavy atom. The predicted octanol–water partition coefficient (Wildman–Crippen LogP) is 3.93. The van der Waals surface area contributed by atoms with Crippen LogP contribution in [0.15, 0.2) is 53.3 Å². The van der Waals surface area contributed by atoms with Crippen LogP contribution in [0.1, 0.15) is 22.3 Å². The molecule has 0 aliphatic carbocycles. The smallest absolute Gasteiger partial charge is 0.303 e. The van der Waals surface area contributed by atoms with E-state index in [0.717, 1.165) is 10.6 Å². The molecule has 0 fully saturated rings. The third-order valence-corrected chi connectivity index (χ3v) is 4.09. The van der Waals surface area contributed by atoms with Crippen LogP contribution in [0.25, 0.3) is 11.3 Å². The molecule has 1 heterocycles. The molecule has 2 aromatic carbocycles. The molecule has 3 aromatic rings. The maximum Gasteiger partial charge on any atom is 0.417 e. The molecule has 7 heteroatoms. The van der Waals surface area contributed by atoms with Crippen LogP contribution in [0.4, 0.5) is 13.2 Å². The van der Waals surface area contributed by atoms with Gasteiger partial charge >= 0.3 is 6.18 Å². The fourth-order valence-corrected chi connectivity index (χ4v) is 2.75. The second-order valence-electron chi connectivity index (χ2n) is 5.85. The molecule has 28 heavy (non-hydrogen) atoms. The molecule has 0 amide bonds. The lowest BCUT2D eigenvalue weighted by Crippen LogP contribution is -2.28. The maximum absolute atomic E-state index is 13.4. The average Bonchev–Trinajstić information content (AvgIpc) is 2.69. The van der Waals surface area contributed by atoms with E-state index < -0.39 is 22.9 Å². The van der Waals surface area contributed by atoms with E-state index in [9.17, 15) is 23.2 Å². The Morgan fingerprint density at radius 3 is 2.29 bits per heavy atom. The highest BCUT2D eigenvalue weighted by Gasteiger charge is 2.36. The Hall–Kier alpha value is -4.02. The highest BCUT2D eigenvalue weighted by Crippen LogP contribution is 2.33. The van der Waals surface area contributed by atoms with Crippen LogP contribution in [-0.4, -0.2) is 4.57 Å². The second kappa shape index (κ2) is 7.31. The molecule has 0 N–H and O–H groups in total. The van der Waals surface area contributed by atoms with Gasteiger partial charge in [0.15, 0.2) is 0 Å². The zero-order valence-electron chi connectivity index (χ0n) is 14.2. The van der Waals surface area contributed by atoms with Gasteiger partial charge in [-0.3, -0.25) is 4.79 Å². The lowest BCUT2D eigenvalue weighted by molar-refractivity contribution is -0.137. The molecule has 0 radical (unpaired) electrons. The summed E-state index contributed by atoms with van der Waals surface area (Å²) in [6.45, 7) is -0.0494. The summed E-state index contributed by atoms with van der Waals surface area (Å²) in [5.41, 5.74) is -2.04. The van der Waals surface area contributed by atoms with Crippen LogP contribution in [0.3, 0.4) is 0 Å². The van der Waals surface area contributed by atoms with Crippen LogP contribution in [0, 0.1) is 34.8 Å². The molecule has 3 rings (SSSR count). The van der Waals surface area contributed by atoms with Gasteiger partial charge in [-0.2, -0.15) is 23.7 Å². The van der Waals surface area contributed by atoms with E-state index >= 15 is 0 Å². The highest BCUT2D eigenvalue weighted by atomic mass is 19.4. The lowest BCUT2D eigenvalue weighted by Gasteiger charge is -2.17. The van der Waals surface area contributed by atoms with Crippen molar-refractivity contribution < 1.29 is 13.2 Å². The Morgan fingerprint density at radius 1 is 1.04 bits per heavy atom. The van der Waals surface area contributed by atoms with Crippen molar-refractivity contribution in [3.8, 4) is 23.4 Å². The van der Waals surface area contributed by atoms with Gasteiger partial charge in [0, 0.05) is 0 Å². The van der Waals surface area contributed by atoms with E-state index in [0.29, 0.717) is 16.7 Å². The first-order valence-electron chi connectivity index (χ1n) is 7.97. The summed E-state index contributed by atoms with van der Waals surface area (Å²) in [5.74, 6) is 0. The van der Waals surface area contributed by atoms with Crippen molar-refractivity contribution in [2.45, 2.75) is 12.7 Å². The molecular weight excluding hydrogens is 367 g/mol. The minimum atomic E-state index is -4.86. The molecule has 4 nitrogen and oxygen atoms in total. The third kappa shape index (κ3) is 3.58. The molecule has 0 saturated carbocycles. The summed E-state index contributed by atoms with van der Waals surface area (Å²) < 4.78 is 41.4. The first-order valence-corrected chi connectivity index (χ1v) is 7.97. The van der Waals surface area contributed by atoms with Crippen molar-refractivity contribution in [3.05, 3.63) is 93.3 Å². The van der Waals surface area contributed by atoms with Crippen molar-refractivity contribution in [3.63, 3.8) is 0 Å². The van der Waals surface area contributed by atoms with Gasteiger partial charge in [0.1, 0.15) is 11.6 Å². The number of benzene rings is 1. The van der Waals surface area contributed by atoms with Crippen molar-refractivity contribution in [1.82, 2.24) is 4.57 Å². The fourth-order valence-electron chi connectivity index (χ4n) is 2.75. The van der Waals surface area contributed by atoms with E-state index in [4.69, 9.17) is 5.26 Å². The molecule has 0 atom stereocenters. The fraction of sp³-hybridized carbons (Fsp3) is 0.0952. The Kier molecular flexibility index (Phi) is 4.90. The first-order chi connectivity index (χ1) is 13.3. The van der Waals surface area contributed by atoms with Crippen molar-refractivity contribution >= 4 is 0 Å². The first kappa shape index (κ1) is 18.8. The van der Waals surface area contributed by atoms with Gasteiger partial charge in [-0.1, -0.05) is 24.3 Å². The van der Waals surface area contributed by atoms with E-state index in [1.54, 1.807) is 18.2 Å². The van der Waals surface area contributed by atoms with Crippen molar-refractivity contribution in [2.24, 2.45) is 0 Å². The van der Waals surface area contributed by atoms with Gasteiger partial charge < -0.3 is 4.57 Å². The summed E-state index contributed by atoms with van der Waals surface area (Å²) in [5, 5.41) is 18.1. The van der Waals surface area contributed by atoms with Gasteiger partial charge in [0.05, 0.1) is 29.4 Å². The predicted molar refractivity (Wildman–Crippen MR) is 93.8 cm³/mol. The topological polar surface area (TPSA) is 69.6 Å². The van der Waals surface area contributed by atoms with E-state index in [2.05, 4.69) is 12.1 Å². The van der Waals surface area contributed by atoms with Gasteiger partial charge in [-0.05, 0) is 47.5 Å². The molecule has 1 aromatic heterocycles. The van der Waals surface area contributed by atoms with Crippen molar-refractivity contribution in [2.75, 3.05) is 0 Å². The van der Waals surface area contributed by atoms with Crippen LogP contribution in [-0.2, 0) is 12.7 Å². The number of nitriles is 2. The minimum Gasteiger partial charge on any atom is -0.303 e. The molecule has 0 aliphatic rings. The molecular formula is C21H10F3N3O. The van der Waals surface area contributed by atoms with E-state index in [1.165, 1.54) is 30.3 Å². The van der Waals surface area contributed by atoms with Gasteiger partial charge in [-0.25, -0.2) is 0 Å². The zero-order chi connectivity index (χ0) is 20.3. The van der Waals surface area contributed by atoms with Crippen molar-refractivity contribution in [1.29, 1.82) is 10.5 Å². The second-order valence-corrected chi connectivity index (χ2v) is 5.85. The third-order valence-electron chi connectivity index (χ3n) is 4.09. The number of halogens is 3. The molecule has 0 saturated heterocycles. The molecule has 0 bridgehead atoms. The minimum absolute atomic E-state index is 0.00588. The van der Waals surface area contributed by atoms with Gasteiger partial charge in [0.25, 0.3) is 5.56 Å². The Bertz CT molecular complexity index is 1150. The monoisotopic (exact) mass is 377 g/mol. The maximum atomic E-state index is 13.4. The number of nitrogens with zero attached hydrogens (tertiary/aromatic N) is 3. The summed E-state index contributed by atoms with van der Waals surface area (Å²) in [6.07, 6.45) is -4.86. The standard InChI is InChI=1S/C21H10F3N3O/c22-21(23,24)18-10-19(16-8-6-14(11-25)7-9-16)27(20(28)17(18)12-26)13-15-4-2-1-3-5-15/h2,4-10H,13H2. The number of alkyl halides is 3. The molecule has 0 spiro atoms. The number of rotatable bonds is 3. The molecule has 0 aliphatic heterocycles. The number of hydrogen-bond donors (Lipinski definition) is 0. The number of pyridine rings is 1. The van der Waals surface area contributed by atoms with Gasteiger partial charge in [0.2, 0.25) is 0 Å². The SMILES string of the molecule is N#Cc1ccc(-c2cc(C(F)(F)F)c(C#N)c(=O)n2Cc2cc#ccc2)cc1. The summed E-state index contributed by atoms with van der Waals surface area (Å²) in [4.78, 5) is 12.8. The highest BCUT2D eigenvalue weighted by molar-refractivity contribution is 5.63. The van der Waals surface area contributed by atoms with Gasteiger partial charge in [-0.15, -0.1) is 0 Å². The lowest BCUT2D eigenvalue weighted by atomic mass is 10.0. The summed E-state index contributed by atoms with van der Waals surface area (Å²) in [7, 11) is 0. The normalized spacial score (nSPS) is 10.6. The van der Waals surface area contributed by atoms with Crippen LogP contribution in [0.2, 0.25) is 0 Å². The van der Waals surface area contributed by atoms with Crippen LogP contribution in [0.5, 0.6) is 0 Å². The molecule has 136 valence electrons. The van der Waals surface area contributed by atoms with Crippen LogP contribution >= 0.6 is 0 Å². The van der Waals surface area contributed by atoms with Crippen LogP contribution < -0.4 is 5.56 Å². The molecule has 0 unspecified atom stereocenters. The number of hydrogen-bond acceptors (Lipinski definition) is 3. The average molecular weight is 377 g/mol. The number of aromatic nitrogens is 1. The van der Waals surface area contributed by atoms with E-state index in [1.807, 2.05) is 6.07 Å². The summed E-state index contributed by atoms with van der Waals surface area (Å²) >= 11 is 0. The largest absolute Gasteiger partial charge is 0.417 e. The summed E-state index contributed by atoms with van der Waals surface area (Å²) in [6, 6.07) is 20.1. The zero-order valence-corrected chi connectivity index (χ0v) is 14.2. The van der Waals surface area contributed by atoms with E-state index in [-0.39, 0.29) is 12.2 Å². The Balaban J connectivity index is 2.30. The quantitative estimate of drug-likeness (QED) is 0.695.